The van der Waals surface area contributed by atoms with Crippen molar-refractivity contribution in [3.8, 4) is 17.2 Å². The lowest BCUT2D eigenvalue weighted by Gasteiger charge is -2.26. The Hall–Kier alpha value is -3.52. The number of aliphatic hydroxyl groups is 1. The molecule has 0 bridgehead atoms. The van der Waals surface area contributed by atoms with Gasteiger partial charge >= 0.3 is 0 Å². The lowest BCUT2D eigenvalue weighted by molar-refractivity contribution is -0.140. The van der Waals surface area contributed by atoms with Gasteiger partial charge in [-0.15, -0.1) is 0 Å². The van der Waals surface area contributed by atoms with E-state index < -0.39 is 17.7 Å². The van der Waals surface area contributed by atoms with Crippen molar-refractivity contribution in [1.29, 1.82) is 0 Å². The third-order valence-corrected chi connectivity index (χ3v) is 5.39. The molecule has 1 aliphatic heterocycles. The molecule has 8 nitrogen and oxygen atoms in total. The minimum absolute atomic E-state index is 0.0224. The predicted molar refractivity (Wildman–Crippen MR) is 120 cm³/mol. The number of carbonyl (C=O) groups excluding carboxylic acids is 2. The molecule has 1 unspecified atom stereocenters. The van der Waals surface area contributed by atoms with Gasteiger partial charge in [-0.05, 0) is 50.0 Å². The number of likely N-dealkylation sites (tertiary alicyclic amines) is 1. The molecule has 1 saturated heterocycles. The van der Waals surface area contributed by atoms with Crippen molar-refractivity contribution in [2.75, 3.05) is 48.5 Å². The second kappa shape index (κ2) is 9.74. The van der Waals surface area contributed by atoms with Gasteiger partial charge in [0.25, 0.3) is 11.7 Å². The second-order valence-corrected chi connectivity index (χ2v) is 7.64. The van der Waals surface area contributed by atoms with Crippen LogP contribution in [0, 0.1) is 0 Å². The molecule has 0 saturated carbocycles. The summed E-state index contributed by atoms with van der Waals surface area (Å²) in [7, 11) is 8.32. The fraction of sp³-hybridized carbons (Fsp3) is 0.333. The van der Waals surface area contributed by atoms with Crippen molar-refractivity contribution in [1.82, 2.24) is 9.80 Å². The van der Waals surface area contributed by atoms with Gasteiger partial charge in [-0.3, -0.25) is 9.59 Å². The Morgan fingerprint density at radius 1 is 1.00 bits per heavy atom. The Morgan fingerprint density at radius 2 is 1.72 bits per heavy atom. The Bertz CT molecular complexity index is 1050. The monoisotopic (exact) mass is 440 g/mol. The highest BCUT2D eigenvalue weighted by Gasteiger charge is 2.46. The first-order valence-corrected chi connectivity index (χ1v) is 10.1. The number of Topliss-reactive ketones (excluding diaryl/α,β-unsaturated/α-hetero) is 1. The van der Waals surface area contributed by atoms with Crippen LogP contribution in [0.15, 0.2) is 48.0 Å². The number of benzene rings is 2. The molecule has 2 aromatic carbocycles. The Labute approximate surface area is 187 Å². The molecule has 1 N–H and O–H groups in total. The van der Waals surface area contributed by atoms with Crippen molar-refractivity contribution in [3.63, 3.8) is 0 Å². The second-order valence-electron chi connectivity index (χ2n) is 7.64. The molecular formula is C24H28N2O6. The highest BCUT2D eigenvalue weighted by atomic mass is 16.5. The van der Waals surface area contributed by atoms with Crippen molar-refractivity contribution in [2.24, 2.45) is 0 Å². The van der Waals surface area contributed by atoms with Gasteiger partial charge in [-0.25, -0.2) is 0 Å². The molecular weight excluding hydrogens is 412 g/mol. The third kappa shape index (κ3) is 4.40. The van der Waals surface area contributed by atoms with E-state index in [9.17, 15) is 14.7 Å². The van der Waals surface area contributed by atoms with Crippen LogP contribution in [0.2, 0.25) is 0 Å². The fourth-order valence-electron chi connectivity index (χ4n) is 3.72. The molecule has 1 aliphatic rings. The topological polar surface area (TPSA) is 88.5 Å². The largest absolute Gasteiger partial charge is 0.507 e. The summed E-state index contributed by atoms with van der Waals surface area (Å²) < 4.78 is 15.9. The maximum absolute atomic E-state index is 13.1. The van der Waals surface area contributed by atoms with E-state index in [-0.39, 0.29) is 11.3 Å². The molecule has 0 spiro atoms. The molecule has 170 valence electrons. The molecule has 1 fully saturated rings. The van der Waals surface area contributed by atoms with Crippen LogP contribution in [-0.2, 0) is 9.59 Å². The zero-order valence-corrected chi connectivity index (χ0v) is 18.9. The molecule has 1 atom stereocenters. The minimum Gasteiger partial charge on any atom is -0.507 e. The number of aliphatic hydroxyl groups excluding tert-OH is 1. The fourth-order valence-corrected chi connectivity index (χ4v) is 3.72. The van der Waals surface area contributed by atoms with E-state index in [0.717, 1.165) is 0 Å². The lowest BCUT2D eigenvalue weighted by atomic mass is 9.95. The Morgan fingerprint density at radius 3 is 2.34 bits per heavy atom. The minimum atomic E-state index is -0.752. The number of hydrogen-bond acceptors (Lipinski definition) is 7. The Balaban J connectivity index is 2.18. The number of methoxy groups -OCH3 is 3. The van der Waals surface area contributed by atoms with E-state index in [1.807, 2.05) is 25.1 Å². The number of hydrogen-bond donors (Lipinski definition) is 1. The normalized spacial score (nSPS) is 17.7. The molecule has 3 rings (SSSR count). The number of amides is 1. The first-order chi connectivity index (χ1) is 15.3. The number of nitrogens with zero attached hydrogens (tertiary/aromatic N) is 2. The molecule has 1 amide bonds. The van der Waals surface area contributed by atoms with Gasteiger partial charge in [-0.2, -0.15) is 0 Å². The number of ketones is 1. The first-order valence-electron chi connectivity index (χ1n) is 10.1. The zero-order valence-electron chi connectivity index (χ0n) is 18.9. The maximum atomic E-state index is 13.1. The van der Waals surface area contributed by atoms with Crippen LogP contribution in [0.3, 0.4) is 0 Å². The number of carbonyl (C=O) groups is 2. The predicted octanol–water partition coefficient (Wildman–Crippen LogP) is 2.70. The van der Waals surface area contributed by atoms with Gasteiger partial charge in [0.15, 0.2) is 11.5 Å². The van der Waals surface area contributed by atoms with Crippen LogP contribution < -0.4 is 14.2 Å². The molecule has 2 aromatic rings. The lowest BCUT2D eigenvalue weighted by Crippen LogP contribution is -2.35. The van der Waals surface area contributed by atoms with E-state index >= 15 is 0 Å². The van der Waals surface area contributed by atoms with Gasteiger partial charge in [0.05, 0.1) is 32.9 Å². The van der Waals surface area contributed by atoms with E-state index in [4.69, 9.17) is 14.2 Å². The average Bonchev–Trinajstić information content (AvgIpc) is 3.06. The maximum Gasteiger partial charge on any atom is 0.295 e. The van der Waals surface area contributed by atoms with Crippen molar-refractivity contribution >= 4 is 17.4 Å². The molecule has 8 heteroatoms. The summed E-state index contributed by atoms with van der Waals surface area (Å²) in [5.74, 6) is -0.182. The standard InChI is InChI=1S/C24H28N2O6/c1-25(2)11-12-26-21(15-7-6-8-17(13-15)30-3)20(23(28)24(26)29)22(27)16-9-10-18(31-4)19(14-16)32-5/h6-10,13-14,21,27H,11-12H2,1-5H3/b22-20-. The zero-order chi connectivity index (χ0) is 23.4. The van der Waals surface area contributed by atoms with E-state index in [2.05, 4.69) is 0 Å². The van der Waals surface area contributed by atoms with E-state index in [1.54, 1.807) is 43.5 Å². The summed E-state index contributed by atoms with van der Waals surface area (Å²) in [5.41, 5.74) is 1.04. The molecule has 32 heavy (non-hydrogen) atoms. The number of likely N-dealkylation sites (N-methyl/N-ethyl adjacent to an activating group) is 1. The number of rotatable bonds is 8. The van der Waals surface area contributed by atoms with Gasteiger partial charge in [0.2, 0.25) is 0 Å². The SMILES string of the molecule is COc1cccc(C2/C(=C(/O)c3ccc(OC)c(OC)c3)C(=O)C(=O)N2CCN(C)C)c1. The van der Waals surface area contributed by atoms with Gasteiger partial charge in [0, 0.05) is 18.7 Å². The average molecular weight is 440 g/mol. The summed E-state index contributed by atoms with van der Waals surface area (Å²) >= 11 is 0. The van der Waals surface area contributed by atoms with E-state index in [1.165, 1.54) is 19.1 Å². The highest BCUT2D eigenvalue weighted by molar-refractivity contribution is 6.46. The summed E-state index contributed by atoms with van der Waals surface area (Å²) in [4.78, 5) is 29.5. The number of ether oxygens (including phenoxy) is 3. The summed E-state index contributed by atoms with van der Waals surface area (Å²) in [6.07, 6.45) is 0. The quantitative estimate of drug-likeness (QED) is 0.384. The van der Waals surface area contributed by atoms with Crippen LogP contribution in [-0.4, -0.2) is 75.1 Å². The van der Waals surface area contributed by atoms with Crippen molar-refractivity contribution in [2.45, 2.75) is 6.04 Å². The van der Waals surface area contributed by atoms with Crippen molar-refractivity contribution in [3.05, 3.63) is 59.2 Å². The van der Waals surface area contributed by atoms with Gasteiger partial charge < -0.3 is 29.1 Å². The van der Waals surface area contributed by atoms with Crippen LogP contribution in [0.4, 0.5) is 0 Å². The van der Waals surface area contributed by atoms with Crippen LogP contribution >= 0.6 is 0 Å². The summed E-state index contributed by atoms with van der Waals surface area (Å²) in [6, 6.07) is 11.2. The molecule has 0 aromatic heterocycles. The molecule has 0 aliphatic carbocycles. The molecule has 1 heterocycles. The molecule has 0 radical (unpaired) electrons. The van der Waals surface area contributed by atoms with Crippen LogP contribution in [0.1, 0.15) is 17.2 Å². The van der Waals surface area contributed by atoms with Crippen LogP contribution in [0.25, 0.3) is 5.76 Å². The highest BCUT2D eigenvalue weighted by Crippen LogP contribution is 2.41. The summed E-state index contributed by atoms with van der Waals surface area (Å²) in [6.45, 7) is 0.881. The summed E-state index contributed by atoms with van der Waals surface area (Å²) in [5, 5.41) is 11.2. The first kappa shape index (κ1) is 23.1. The Kier molecular flexibility index (Phi) is 7.05. The smallest absolute Gasteiger partial charge is 0.295 e. The van der Waals surface area contributed by atoms with Gasteiger partial charge in [-0.1, -0.05) is 12.1 Å². The van der Waals surface area contributed by atoms with Crippen LogP contribution in [0.5, 0.6) is 17.2 Å². The third-order valence-electron chi connectivity index (χ3n) is 5.39. The van der Waals surface area contributed by atoms with Crippen molar-refractivity contribution < 1.29 is 28.9 Å². The van der Waals surface area contributed by atoms with Gasteiger partial charge in [0.1, 0.15) is 11.5 Å². The van der Waals surface area contributed by atoms with E-state index in [0.29, 0.717) is 41.5 Å².